The SMILES string of the molecule is CCCCCCCCO[C@@H]1O[C@H](COC(=O)c2ccccc2)[C@@H](OC(=O)c2ccccc2)[C@H](OC(=O)c2ccccc2)[C@H]1OC(=O)c1ccccc1. The van der Waals surface area contributed by atoms with Gasteiger partial charge in [-0.25, -0.2) is 19.2 Å². The molecule has 4 aromatic rings. The fraction of sp³-hybridized carbons (Fsp3) is 0.333. The molecule has 0 N–H and O–H groups in total. The van der Waals surface area contributed by atoms with Crippen molar-refractivity contribution in [3.63, 3.8) is 0 Å². The molecule has 0 radical (unpaired) electrons. The second kappa shape index (κ2) is 19.9. The molecule has 0 aromatic heterocycles. The van der Waals surface area contributed by atoms with Crippen molar-refractivity contribution in [1.82, 2.24) is 0 Å². The second-order valence-corrected chi connectivity index (χ2v) is 12.4. The van der Waals surface area contributed by atoms with Gasteiger partial charge < -0.3 is 28.4 Å². The smallest absolute Gasteiger partial charge is 0.338 e. The number of hydrogen-bond donors (Lipinski definition) is 0. The lowest BCUT2D eigenvalue weighted by Crippen LogP contribution is -2.63. The largest absolute Gasteiger partial charge is 0.459 e. The van der Waals surface area contributed by atoms with Crippen molar-refractivity contribution in [3.05, 3.63) is 144 Å². The number of carbonyl (C=O) groups is 4. The van der Waals surface area contributed by atoms with Crippen LogP contribution < -0.4 is 0 Å². The van der Waals surface area contributed by atoms with Crippen LogP contribution in [-0.4, -0.2) is 67.8 Å². The number of unbranched alkanes of at least 4 members (excludes halogenated alkanes) is 5. The van der Waals surface area contributed by atoms with Crippen LogP contribution >= 0.6 is 0 Å². The summed E-state index contributed by atoms with van der Waals surface area (Å²) < 4.78 is 36.5. The predicted molar refractivity (Wildman–Crippen MR) is 192 cm³/mol. The predicted octanol–water partition coefficient (Wildman–Crippen LogP) is 7.62. The summed E-state index contributed by atoms with van der Waals surface area (Å²) in [5, 5.41) is 0. The molecular weight excluding hydrogens is 664 g/mol. The highest BCUT2D eigenvalue weighted by Gasteiger charge is 2.53. The molecule has 10 nitrogen and oxygen atoms in total. The van der Waals surface area contributed by atoms with Crippen LogP contribution in [0.25, 0.3) is 0 Å². The Kier molecular flexibility index (Phi) is 14.5. The lowest BCUT2D eigenvalue weighted by Gasteiger charge is -2.44. The van der Waals surface area contributed by atoms with Crippen molar-refractivity contribution in [2.24, 2.45) is 0 Å². The van der Waals surface area contributed by atoms with Gasteiger partial charge in [-0.15, -0.1) is 0 Å². The zero-order valence-corrected chi connectivity index (χ0v) is 29.2. The average molecular weight is 709 g/mol. The van der Waals surface area contributed by atoms with E-state index in [-0.39, 0.29) is 23.3 Å². The Balaban J connectivity index is 1.50. The minimum Gasteiger partial charge on any atom is -0.459 e. The van der Waals surface area contributed by atoms with Gasteiger partial charge in [-0.2, -0.15) is 0 Å². The first-order valence-electron chi connectivity index (χ1n) is 17.7. The van der Waals surface area contributed by atoms with E-state index in [1.807, 2.05) is 0 Å². The third-order valence-electron chi connectivity index (χ3n) is 8.52. The highest BCUT2D eigenvalue weighted by molar-refractivity contribution is 5.91. The van der Waals surface area contributed by atoms with Crippen molar-refractivity contribution in [2.45, 2.75) is 76.2 Å². The Labute approximate surface area is 303 Å². The van der Waals surface area contributed by atoms with Gasteiger partial charge in [-0.3, -0.25) is 0 Å². The molecule has 1 saturated heterocycles. The zero-order valence-electron chi connectivity index (χ0n) is 29.2. The summed E-state index contributed by atoms with van der Waals surface area (Å²) in [4.78, 5) is 54.0. The number of ether oxygens (including phenoxy) is 6. The maximum atomic E-state index is 13.7. The van der Waals surface area contributed by atoms with Crippen LogP contribution in [0.15, 0.2) is 121 Å². The first-order chi connectivity index (χ1) is 25.4. The van der Waals surface area contributed by atoms with Crippen molar-refractivity contribution in [2.75, 3.05) is 13.2 Å². The molecule has 0 saturated carbocycles. The van der Waals surface area contributed by atoms with Gasteiger partial charge in [0.1, 0.15) is 12.7 Å². The zero-order chi connectivity index (χ0) is 36.5. The first kappa shape index (κ1) is 37.9. The number of benzene rings is 4. The van der Waals surface area contributed by atoms with Crippen molar-refractivity contribution in [1.29, 1.82) is 0 Å². The summed E-state index contributed by atoms with van der Waals surface area (Å²) in [6.45, 7) is 1.98. The molecule has 1 fully saturated rings. The van der Waals surface area contributed by atoms with Gasteiger partial charge in [0.15, 0.2) is 24.6 Å². The van der Waals surface area contributed by atoms with Crippen molar-refractivity contribution >= 4 is 23.9 Å². The van der Waals surface area contributed by atoms with E-state index in [4.69, 9.17) is 28.4 Å². The molecule has 0 bridgehead atoms. The van der Waals surface area contributed by atoms with E-state index in [1.165, 1.54) is 0 Å². The first-order valence-corrected chi connectivity index (χ1v) is 17.7. The standard InChI is InChI=1S/C42H44O10/c1-2-3-4-5-6-19-28-47-42-37(52-41(46)33-26-17-10-18-27-33)36(51-40(45)32-24-15-9-16-25-32)35(50-39(44)31-22-13-8-14-23-31)34(49-42)29-48-38(43)30-20-11-7-12-21-30/h7-18,20-27,34-37,42H,2-6,19,28-29H2,1H3/t34-,35-,36+,37-,42-/m1/s1. The van der Waals surface area contributed by atoms with E-state index >= 15 is 0 Å². The van der Waals surface area contributed by atoms with Crippen LogP contribution in [0, 0.1) is 0 Å². The Bertz CT molecular complexity index is 1700. The van der Waals surface area contributed by atoms with Crippen LogP contribution in [0.2, 0.25) is 0 Å². The summed E-state index contributed by atoms with van der Waals surface area (Å²) in [6.07, 6.45) is -0.740. The topological polar surface area (TPSA) is 124 Å². The molecule has 52 heavy (non-hydrogen) atoms. The molecule has 5 atom stereocenters. The van der Waals surface area contributed by atoms with Gasteiger partial charge >= 0.3 is 23.9 Å². The van der Waals surface area contributed by atoms with E-state index < -0.39 is 61.2 Å². The summed E-state index contributed by atoms with van der Waals surface area (Å²) in [7, 11) is 0. The molecule has 0 spiro atoms. The van der Waals surface area contributed by atoms with Crippen LogP contribution in [0.1, 0.15) is 86.9 Å². The highest BCUT2D eigenvalue weighted by Crippen LogP contribution is 2.32. The third-order valence-corrected chi connectivity index (χ3v) is 8.52. The maximum absolute atomic E-state index is 13.7. The number of hydrogen-bond acceptors (Lipinski definition) is 10. The number of carbonyl (C=O) groups excluding carboxylic acids is 4. The lowest BCUT2D eigenvalue weighted by atomic mass is 9.97. The Hall–Kier alpha value is -5.32. The van der Waals surface area contributed by atoms with Gasteiger partial charge in [0, 0.05) is 6.61 Å². The van der Waals surface area contributed by atoms with Crippen molar-refractivity contribution in [3.8, 4) is 0 Å². The minimum absolute atomic E-state index is 0.215. The van der Waals surface area contributed by atoms with Gasteiger partial charge in [-0.1, -0.05) is 112 Å². The summed E-state index contributed by atoms with van der Waals surface area (Å²) in [5.41, 5.74) is 0.970. The maximum Gasteiger partial charge on any atom is 0.338 e. The molecular formula is C42H44O10. The van der Waals surface area contributed by atoms with E-state index in [1.54, 1.807) is 121 Å². The fourth-order valence-corrected chi connectivity index (χ4v) is 5.74. The quantitative estimate of drug-likeness (QED) is 0.0615. The van der Waals surface area contributed by atoms with E-state index in [9.17, 15) is 19.2 Å². The molecule has 1 aliphatic heterocycles. The van der Waals surface area contributed by atoms with Crippen LogP contribution in [0.5, 0.6) is 0 Å². The number of rotatable bonds is 17. The second-order valence-electron chi connectivity index (χ2n) is 12.4. The van der Waals surface area contributed by atoms with Crippen LogP contribution in [0.4, 0.5) is 0 Å². The molecule has 5 rings (SSSR count). The van der Waals surface area contributed by atoms with Gasteiger partial charge in [0.2, 0.25) is 0 Å². The minimum atomic E-state index is -1.45. The van der Waals surface area contributed by atoms with Gasteiger partial charge in [0.05, 0.1) is 22.3 Å². The van der Waals surface area contributed by atoms with E-state index in [0.29, 0.717) is 12.0 Å². The molecule has 0 aliphatic carbocycles. The van der Waals surface area contributed by atoms with E-state index in [2.05, 4.69) is 6.92 Å². The van der Waals surface area contributed by atoms with Crippen LogP contribution in [-0.2, 0) is 28.4 Å². The third kappa shape index (κ3) is 10.8. The van der Waals surface area contributed by atoms with Crippen LogP contribution in [0.3, 0.4) is 0 Å². The Morgan fingerprint density at radius 2 is 0.904 bits per heavy atom. The lowest BCUT2D eigenvalue weighted by molar-refractivity contribution is -0.298. The summed E-state index contributed by atoms with van der Waals surface area (Å²) >= 11 is 0. The molecule has 0 amide bonds. The Morgan fingerprint density at radius 1 is 0.500 bits per heavy atom. The average Bonchev–Trinajstić information content (AvgIpc) is 3.19. The molecule has 1 aliphatic rings. The van der Waals surface area contributed by atoms with Gasteiger partial charge in [-0.05, 0) is 55.0 Å². The molecule has 10 heteroatoms. The molecule has 1 heterocycles. The molecule has 0 unspecified atom stereocenters. The number of esters is 4. The molecule has 272 valence electrons. The Morgan fingerprint density at radius 3 is 1.38 bits per heavy atom. The highest BCUT2D eigenvalue weighted by atomic mass is 16.7. The van der Waals surface area contributed by atoms with Crippen molar-refractivity contribution < 1.29 is 47.6 Å². The van der Waals surface area contributed by atoms with Gasteiger partial charge in [0.25, 0.3) is 0 Å². The summed E-state index contributed by atoms with van der Waals surface area (Å²) in [5.74, 6) is -2.89. The monoisotopic (exact) mass is 708 g/mol. The molecule has 4 aromatic carbocycles. The summed E-state index contributed by atoms with van der Waals surface area (Å²) in [6, 6.07) is 33.2. The normalized spacial score (nSPS) is 19.6. The van der Waals surface area contributed by atoms with E-state index in [0.717, 1.165) is 32.1 Å². The fourth-order valence-electron chi connectivity index (χ4n) is 5.74.